The van der Waals surface area contributed by atoms with Crippen LogP contribution in [0.2, 0.25) is 0 Å². The number of thiophene rings is 6. The summed E-state index contributed by atoms with van der Waals surface area (Å²) in [7, 11) is 2.22. The van der Waals surface area contributed by atoms with E-state index in [0.717, 1.165) is 48.2 Å². The van der Waals surface area contributed by atoms with E-state index in [0.29, 0.717) is 5.92 Å². The molecule has 0 N–H and O–H groups in total. The molecule has 0 aliphatic heterocycles. The number of benzene rings is 2. The van der Waals surface area contributed by atoms with Gasteiger partial charge in [0, 0.05) is 93.8 Å². The summed E-state index contributed by atoms with van der Waals surface area (Å²) in [5.74, 6) is 0.614. The van der Waals surface area contributed by atoms with E-state index in [-0.39, 0.29) is 0 Å². The van der Waals surface area contributed by atoms with Crippen molar-refractivity contribution in [2.75, 3.05) is 36.5 Å². The number of nitrogens with zero attached hydrogens (tertiary/aromatic N) is 7. The Balaban J connectivity index is 0.948. The highest BCUT2D eigenvalue weighted by Crippen LogP contribution is 2.50. The number of fused-ring (bicyclic) bond motifs is 7. The van der Waals surface area contributed by atoms with Gasteiger partial charge in [0.25, 0.3) is 0 Å². The zero-order chi connectivity index (χ0) is 46.5. The van der Waals surface area contributed by atoms with Crippen LogP contribution in [0.3, 0.4) is 0 Å². The van der Waals surface area contributed by atoms with Crippen molar-refractivity contribution in [3.05, 3.63) is 60.7 Å². The van der Waals surface area contributed by atoms with Gasteiger partial charge in [0.05, 0.1) is 53.9 Å². The van der Waals surface area contributed by atoms with Crippen molar-refractivity contribution in [3.8, 4) is 41.8 Å². The molecule has 1 atom stereocenters. The van der Waals surface area contributed by atoms with Gasteiger partial charge in [-0.15, -0.1) is 68.0 Å². The highest BCUT2D eigenvalue weighted by molar-refractivity contribution is 7.32. The molecular weight excluding hydrogens is 991 g/mol. The van der Waals surface area contributed by atoms with E-state index in [4.69, 9.17) is 17.5 Å². The summed E-state index contributed by atoms with van der Waals surface area (Å²) in [5.41, 5.74) is 11.4. The minimum Gasteiger partial charge on any atom is -0.366 e. The molecule has 11 rings (SSSR count). The quantitative estimate of drug-likeness (QED) is 0.0715. The second-order valence-electron chi connectivity index (χ2n) is 18.2. The number of anilines is 2. The summed E-state index contributed by atoms with van der Waals surface area (Å²) in [5, 5.41) is 2.76. The molecule has 2 aromatic carbocycles. The first kappa shape index (κ1) is 46.6. The van der Waals surface area contributed by atoms with Crippen LogP contribution in [0, 0.1) is 5.92 Å². The summed E-state index contributed by atoms with van der Waals surface area (Å²) >= 11 is 14.1. The molecule has 0 aliphatic rings. The highest BCUT2D eigenvalue weighted by atomic mass is 32.1. The van der Waals surface area contributed by atoms with Gasteiger partial charge in [-0.2, -0.15) is 17.5 Å². The van der Waals surface area contributed by atoms with Crippen molar-refractivity contribution in [1.29, 1.82) is 0 Å². The fourth-order valence-corrected chi connectivity index (χ4v) is 18.1. The van der Waals surface area contributed by atoms with E-state index >= 15 is 0 Å². The molecule has 0 saturated heterocycles. The molecule has 9 aromatic heterocycles. The van der Waals surface area contributed by atoms with Crippen molar-refractivity contribution in [3.63, 3.8) is 0 Å². The molecule has 0 spiro atoms. The van der Waals surface area contributed by atoms with Crippen LogP contribution in [-0.4, -0.2) is 48.7 Å². The van der Waals surface area contributed by atoms with Crippen LogP contribution < -0.4 is 9.80 Å². The van der Waals surface area contributed by atoms with Gasteiger partial charge in [0.2, 0.25) is 0 Å². The standard InChI is InChI=1S/C53H57N7S8/c1-7-12-16-31(11-5)30-60-36-24-38(32-17-19-34(50-48(32)54-67-56-50)40-26-42-44(61-40)28-46(63-42)58(6)21-13-8-2)65-52(36)53-37(60)25-39(66-53)33-18-20-35(51-49(33)55-68-57-51)41-27-43-45(62-41)29-47(64-43)59(22-14-9-3)23-15-10-4/h17-20,24-29,31H,7-16,21-23,30H2,1-6H3. The third-order valence-electron chi connectivity index (χ3n) is 13.6. The molecule has 0 amide bonds. The molecule has 15 heteroatoms. The predicted octanol–water partition coefficient (Wildman–Crippen LogP) is 19.0. The van der Waals surface area contributed by atoms with Crippen LogP contribution in [0.1, 0.15) is 98.8 Å². The normalized spacial score (nSPS) is 12.7. The SMILES string of the molecule is CCCCC(CC)Cn1c2cc(-c3ccc(-c4cc5sc(N(C)CCCC)cc5s4)c4nsnc34)sc2c2sc(-c3ccc(-c4cc5sc(N(CCCC)CCCC)cc5s4)c4nsnc34)cc21. The maximum atomic E-state index is 5.00. The lowest BCUT2D eigenvalue weighted by molar-refractivity contribution is 0.401. The van der Waals surface area contributed by atoms with Crippen LogP contribution >= 0.6 is 91.5 Å². The van der Waals surface area contributed by atoms with E-state index in [1.807, 2.05) is 68.0 Å². The Labute approximate surface area is 431 Å². The molecule has 7 nitrogen and oxygen atoms in total. The van der Waals surface area contributed by atoms with Crippen LogP contribution in [0.15, 0.2) is 60.7 Å². The molecule has 352 valence electrons. The number of unbranched alkanes of at least 4 members (excludes halogenated alkanes) is 4. The first-order valence-corrected chi connectivity index (χ1v) is 30.8. The third kappa shape index (κ3) is 8.64. The van der Waals surface area contributed by atoms with Gasteiger partial charge in [-0.05, 0) is 68.0 Å². The minimum absolute atomic E-state index is 0.614. The predicted molar refractivity (Wildman–Crippen MR) is 309 cm³/mol. The fourth-order valence-electron chi connectivity index (χ4n) is 9.58. The number of aromatic nitrogens is 5. The average molecular weight is 1050 g/mol. The van der Waals surface area contributed by atoms with Crippen molar-refractivity contribution < 1.29 is 0 Å². The molecule has 0 aliphatic carbocycles. The van der Waals surface area contributed by atoms with E-state index in [1.54, 1.807) is 0 Å². The van der Waals surface area contributed by atoms with Crippen molar-refractivity contribution in [2.45, 2.75) is 105 Å². The Morgan fingerprint density at radius 3 is 1.37 bits per heavy atom. The average Bonchev–Trinajstić information content (AvgIpc) is 4.19. The van der Waals surface area contributed by atoms with Gasteiger partial charge in [0.1, 0.15) is 22.1 Å². The molecule has 0 saturated carbocycles. The zero-order valence-electron chi connectivity index (χ0n) is 39.6. The molecule has 0 radical (unpaired) electrons. The lowest BCUT2D eigenvalue weighted by atomic mass is 9.99. The van der Waals surface area contributed by atoms with Gasteiger partial charge in [0.15, 0.2) is 0 Å². The second-order valence-corrected chi connectivity index (χ2v) is 25.7. The fraction of sp³-hybridized carbons (Fsp3) is 0.396. The van der Waals surface area contributed by atoms with Gasteiger partial charge in [-0.3, -0.25) is 0 Å². The largest absolute Gasteiger partial charge is 0.366 e. The maximum Gasteiger partial charge on any atom is 0.114 e. The summed E-state index contributed by atoms with van der Waals surface area (Å²) in [6.45, 7) is 15.9. The smallest absolute Gasteiger partial charge is 0.114 e. The van der Waals surface area contributed by atoms with E-state index < -0.39 is 0 Å². The summed E-state index contributed by atoms with van der Waals surface area (Å²) in [6, 6.07) is 23.7. The molecule has 0 fully saturated rings. The monoisotopic (exact) mass is 1050 g/mol. The minimum atomic E-state index is 0.614. The molecule has 1 unspecified atom stereocenters. The van der Waals surface area contributed by atoms with Crippen molar-refractivity contribution in [2.24, 2.45) is 5.92 Å². The van der Waals surface area contributed by atoms with Gasteiger partial charge < -0.3 is 14.4 Å². The Morgan fingerprint density at radius 1 is 0.485 bits per heavy atom. The lowest BCUT2D eigenvalue weighted by Crippen LogP contribution is -2.24. The number of hydrogen-bond acceptors (Lipinski definition) is 14. The first-order valence-electron chi connectivity index (χ1n) is 24.5. The summed E-state index contributed by atoms with van der Waals surface area (Å²) in [4.78, 5) is 10.1. The highest BCUT2D eigenvalue weighted by Gasteiger charge is 2.25. The topological polar surface area (TPSA) is 63.0 Å². The maximum absolute atomic E-state index is 5.00. The number of hydrogen-bond donors (Lipinski definition) is 0. The van der Waals surface area contributed by atoms with Gasteiger partial charge in [-0.1, -0.05) is 97.4 Å². The Kier molecular flexibility index (Phi) is 13.8. The van der Waals surface area contributed by atoms with Gasteiger partial charge in [-0.25, -0.2) is 0 Å². The Morgan fingerprint density at radius 2 is 0.912 bits per heavy atom. The molecule has 0 bridgehead atoms. The third-order valence-corrected chi connectivity index (χ3v) is 21.9. The summed E-state index contributed by atoms with van der Waals surface area (Å²) in [6.07, 6.45) is 12.2. The lowest BCUT2D eigenvalue weighted by Gasteiger charge is -2.22. The zero-order valence-corrected chi connectivity index (χ0v) is 46.2. The Hall–Kier alpha value is -3.80. The summed E-state index contributed by atoms with van der Waals surface area (Å²) < 4.78 is 30.7. The van der Waals surface area contributed by atoms with Crippen LogP contribution in [0.4, 0.5) is 10.0 Å². The van der Waals surface area contributed by atoms with Crippen LogP contribution in [0.25, 0.3) is 103 Å². The second kappa shape index (κ2) is 20.1. The van der Waals surface area contributed by atoms with Crippen molar-refractivity contribution in [1.82, 2.24) is 22.1 Å². The first-order chi connectivity index (χ1) is 33.4. The van der Waals surface area contributed by atoms with E-state index in [9.17, 15) is 0 Å². The van der Waals surface area contributed by atoms with Gasteiger partial charge >= 0.3 is 0 Å². The molecule has 9 heterocycles. The van der Waals surface area contributed by atoms with Crippen LogP contribution in [-0.2, 0) is 6.54 Å². The van der Waals surface area contributed by atoms with Crippen LogP contribution in [0.5, 0.6) is 0 Å². The molecule has 68 heavy (non-hydrogen) atoms. The van der Waals surface area contributed by atoms with E-state index in [2.05, 4.69) is 117 Å². The van der Waals surface area contributed by atoms with Crippen molar-refractivity contribution >= 4 is 163 Å². The van der Waals surface area contributed by atoms with E-state index in [1.165, 1.54) is 179 Å². The molecular formula is C53H57N7S8. The Bertz CT molecular complexity index is 3440. The molecule has 11 aromatic rings. The number of rotatable bonds is 21.